The van der Waals surface area contributed by atoms with E-state index >= 15 is 0 Å². The first-order valence-corrected chi connectivity index (χ1v) is 23.1. The van der Waals surface area contributed by atoms with Crippen LogP contribution in [0.4, 0.5) is 11.4 Å². The third-order valence-electron chi connectivity index (χ3n) is 17.9. The van der Waals surface area contributed by atoms with Gasteiger partial charge in [-0.25, -0.2) is 9.59 Å². The van der Waals surface area contributed by atoms with Crippen LogP contribution in [0.15, 0.2) is 60.7 Å². The number of likely N-dealkylation sites (N-methyl/N-ethyl adjacent to an activating group) is 2. The van der Waals surface area contributed by atoms with E-state index in [0.717, 1.165) is 22.5 Å². The van der Waals surface area contributed by atoms with Crippen LogP contribution in [-0.2, 0) is 49.0 Å². The van der Waals surface area contributed by atoms with Crippen LogP contribution in [0.5, 0.6) is 11.5 Å². The monoisotopic (exact) mass is 910 g/mol. The van der Waals surface area contributed by atoms with Crippen LogP contribution in [0.25, 0.3) is 0 Å². The van der Waals surface area contributed by atoms with Gasteiger partial charge in [0.2, 0.25) is 11.2 Å². The SMILES string of the molecule is CC[C@]12C=CCN3C(C4C[C@]56c7ccc(OC)cc7N(C)[C@H]5[C@@](O)(C(=O)OC)[C@H](OC(C)=O)[C@]5(CC)C=CCN4[C@@H]56)C[C@@]4(c5ccc(OC)cc5N(C)[C@H]4[C@@](O)(C(=O)OC)[C@@H]1OC(C)=O)[C@@H]32. The van der Waals surface area contributed by atoms with Crippen molar-refractivity contribution in [3.05, 3.63) is 71.8 Å². The Hall–Kier alpha value is -5.16. The molecule has 0 aromatic heterocycles. The minimum Gasteiger partial charge on any atom is -0.497 e. The molecular weight excluding hydrogens is 849 g/mol. The summed E-state index contributed by atoms with van der Waals surface area (Å²) in [5.41, 5.74) is -5.39. The number of aliphatic hydroxyl groups is 2. The molecule has 0 radical (unpaired) electrons. The standard InChI is InChI=1S/C50H62N4O12/c1-11-45-19-13-21-53-35(25-47(37(45)53)31-17-15-29(61-7)23-33(31)51(5)39(47)49(59,43(57)63-9)41(45)65-27(3)55)36-26-48-32-18-16-30(62-8)24-34(32)52(6)40(48)50(60,44(58)64-10)42(66-28(4)56)46(12-2)20-14-22-54(36)38(46)48/h13-20,23-24,35-42,59-60H,11-12,21-22,25-26H2,1-10H3/t35?,36?,37-,38-,39+,40+,41+,42+,45+,46+,47+,48+,49-,50-/m0/s1. The third-order valence-corrected chi connectivity index (χ3v) is 17.9. The molecule has 8 aliphatic rings. The molecule has 2 unspecified atom stereocenters. The molecule has 2 aliphatic carbocycles. The van der Waals surface area contributed by atoms with E-state index in [-0.39, 0.29) is 12.1 Å². The lowest BCUT2D eigenvalue weighted by atomic mass is 9.47. The largest absolute Gasteiger partial charge is 0.497 e. The molecule has 2 aromatic rings. The molecule has 6 heterocycles. The van der Waals surface area contributed by atoms with Crippen LogP contribution < -0.4 is 19.3 Å². The van der Waals surface area contributed by atoms with Gasteiger partial charge in [0, 0.05) is 110 Å². The molecule has 2 N–H and O–H groups in total. The highest BCUT2D eigenvalue weighted by Gasteiger charge is 2.85. The van der Waals surface area contributed by atoms with Gasteiger partial charge in [0.1, 0.15) is 11.5 Å². The Balaban J connectivity index is 1.25. The first kappa shape index (κ1) is 44.7. The summed E-state index contributed by atoms with van der Waals surface area (Å²) < 4.78 is 35.2. The Labute approximate surface area is 385 Å². The molecule has 14 atom stereocenters. The van der Waals surface area contributed by atoms with E-state index in [2.05, 4.69) is 46.2 Å². The van der Waals surface area contributed by atoms with Gasteiger partial charge in [0.25, 0.3) is 0 Å². The molecule has 16 nitrogen and oxygen atoms in total. The van der Waals surface area contributed by atoms with Gasteiger partial charge in [-0.05, 0) is 48.9 Å². The van der Waals surface area contributed by atoms with Crippen molar-refractivity contribution in [2.24, 2.45) is 10.8 Å². The number of fused-ring (bicyclic) bond motifs is 2. The van der Waals surface area contributed by atoms with E-state index in [1.807, 2.05) is 62.0 Å². The van der Waals surface area contributed by atoms with Crippen LogP contribution in [0.2, 0.25) is 0 Å². The van der Waals surface area contributed by atoms with Crippen LogP contribution in [0.1, 0.15) is 64.5 Å². The molecular formula is C50H62N4O12. The molecule has 2 aromatic carbocycles. The molecule has 2 saturated carbocycles. The summed E-state index contributed by atoms with van der Waals surface area (Å²) in [5.74, 6) is -1.85. The Bertz CT molecular complexity index is 2310. The van der Waals surface area contributed by atoms with Gasteiger partial charge in [0.05, 0.1) is 40.5 Å². The molecule has 0 amide bonds. The fourth-order valence-electron chi connectivity index (χ4n) is 16.2. The number of esters is 4. The van der Waals surface area contributed by atoms with Gasteiger partial charge < -0.3 is 48.4 Å². The zero-order valence-corrected chi connectivity index (χ0v) is 39.4. The van der Waals surface area contributed by atoms with Crippen molar-refractivity contribution in [2.75, 3.05) is 65.4 Å². The van der Waals surface area contributed by atoms with Gasteiger partial charge in [-0.2, -0.15) is 0 Å². The predicted molar refractivity (Wildman–Crippen MR) is 240 cm³/mol. The molecule has 2 spiro atoms. The molecule has 16 heteroatoms. The molecule has 354 valence electrons. The maximum atomic E-state index is 14.7. The molecule has 10 rings (SSSR count). The molecule has 4 fully saturated rings. The number of anilines is 2. The lowest BCUT2D eigenvalue weighted by Gasteiger charge is -2.63. The Morgan fingerprint density at radius 3 is 1.32 bits per heavy atom. The van der Waals surface area contributed by atoms with Crippen LogP contribution in [0, 0.1) is 10.8 Å². The number of benzene rings is 2. The zero-order chi connectivity index (χ0) is 47.3. The second-order valence-corrected chi connectivity index (χ2v) is 20.0. The summed E-state index contributed by atoms with van der Waals surface area (Å²) >= 11 is 0. The van der Waals surface area contributed by atoms with Crippen molar-refractivity contribution in [1.82, 2.24) is 9.80 Å². The van der Waals surface area contributed by atoms with E-state index in [9.17, 15) is 29.4 Å². The van der Waals surface area contributed by atoms with E-state index in [0.29, 0.717) is 50.3 Å². The van der Waals surface area contributed by atoms with E-state index in [1.54, 1.807) is 14.2 Å². The number of hydrogen-bond acceptors (Lipinski definition) is 16. The number of carbonyl (C=O) groups is 4. The first-order valence-electron chi connectivity index (χ1n) is 23.1. The zero-order valence-electron chi connectivity index (χ0n) is 39.4. The minimum atomic E-state index is -2.35. The van der Waals surface area contributed by atoms with Crippen LogP contribution in [0.3, 0.4) is 0 Å². The molecule has 2 saturated heterocycles. The second kappa shape index (κ2) is 14.7. The van der Waals surface area contributed by atoms with Crippen molar-refractivity contribution < 1.29 is 57.8 Å². The number of rotatable bonds is 9. The second-order valence-electron chi connectivity index (χ2n) is 20.0. The van der Waals surface area contributed by atoms with E-state index in [4.69, 9.17) is 28.4 Å². The van der Waals surface area contributed by atoms with Gasteiger partial charge in [-0.3, -0.25) is 19.4 Å². The number of ether oxygens (including phenoxy) is 6. The summed E-state index contributed by atoms with van der Waals surface area (Å²) in [6.45, 7) is 7.65. The van der Waals surface area contributed by atoms with Gasteiger partial charge in [-0.1, -0.05) is 50.3 Å². The fourth-order valence-corrected chi connectivity index (χ4v) is 16.2. The van der Waals surface area contributed by atoms with E-state index < -0.39 is 93.1 Å². The molecule has 6 aliphatic heterocycles. The lowest BCUT2D eigenvalue weighted by molar-refractivity contribution is -0.230. The fraction of sp³-hybridized carbons (Fsp3) is 0.600. The maximum absolute atomic E-state index is 14.7. The Morgan fingerprint density at radius 2 is 1.00 bits per heavy atom. The summed E-state index contributed by atoms with van der Waals surface area (Å²) in [4.78, 5) is 64.9. The lowest BCUT2D eigenvalue weighted by Crippen LogP contribution is -2.81. The summed E-state index contributed by atoms with van der Waals surface area (Å²) in [5, 5.41) is 27.2. The number of carbonyl (C=O) groups excluding carboxylic acids is 4. The summed E-state index contributed by atoms with van der Waals surface area (Å²) in [7, 11) is 9.43. The van der Waals surface area contributed by atoms with Crippen molar-refractivity contribution >= 4 is 35.3 Å². The minimum absolute atomic E-state index is 0.291. The number of methoxy groups -OCH3 is 4. The highest BCUT2D eigenvalue weighted by atomic mass is 16.6. The third kappa shape index (κ3) is 4.98. The van der Waals surface area contributed by atoms with Crippen molar-refractivity contribution in [1.29, 1.82) is 0 Å². The van der Waals surface area contributed by atoms with Crippen molar-refractivity contribution in [2.45, 2.75) is 124 Å². The normalized spacial score (nSPS) is 40.9. The molecule has 66 heavy (non-hydrogen) atoms. The van der Waals surface area contributed by atoms with Crippen LogP contribution >= 0.6 is 0 Å². The predicted octanol–water partition coefficient (Wildman–Crippen LogP) is 3.03. The summed E-state index contributed by atoms with van der Waals surface area (Å²) in [6, 6.07) is 8.46. The maximum Gasteiger partial charge on any atom is 0.344 e. The van der Waals surface area contributed by atoms with Gasteiger partial charge in [-0.15, -0.1) is 0 Å². The highest BCUT2D eigenvalue weighted by molar-refractivity contribution is 5.88. The molecule has 0 bridgehead atoms. The quantitative estimate of drug-likeness (QED) is 0.213. The summed E-state index contributed by atoms with van der Waals surface area (Å²) in [6.07, 6.45) is 7.29. The Morgan fingerprint density at radius 1 is 0.621 bits per heavy atom. The Kier molecular flexibility index (Phi) is 9.93. The average Bonchev–Trinajstić information content (AvgIpc) is 4.00. The average molecular weight is 911 g/mol. The number of nitrogens with zero attached hydrogens (tertiary/aromatic N) is 4. The van der Waals surface area contributed by atoms with Crippen molar-refractivity contribution in [3.8, 4) is 11.5 Å². The topological polar surface area (TPSA) is 177 Å². The van der Waals surface area contributed by atoms with E-state index in [1.165, 1.54) is 28.1 Å². The van der Waals surface area contributed by atoms with Crippen molar-refractivity contribution in [3.63, 3.8) is 0 Å². The van der Waals surface area contributed by atoms with Gasteiger partial charge in [0.15, 0.2) is 12.2 Å². The van der Waals surface area contributed by atoms with Gasteiger partial charge >= 0.3 is 23.9 Å². The first-order chi connectivity index (χ1) is 31.4. The highest BCUT2D eigenvalue weighted by Crippen LogP contribution is 2.73. The number of hydrogen-bond donors (Lipinski definition) is 2. The smallest absolute Gasteiger partial charge is 0.344 e. The van der Waals surface area contributed by atoms with Crippen LogP contribution in [-0.4, -0.2) is 159 Å².